The van der Waals surface area contributed by atoms with E-state index in [1.54, 1.807) is 0 Å². The van der Waals surface area contributed by atoms with Crippen LogP contribution in [0.5, 0.6) is 0 Å². The Bertz CT molecular complexity index is 375. The lowest BCUT2D eigenvalue weighted by molar-refractivity contribution is 0.0992. The predicted octanol–water partition coefficient (Wildman–Crippen LogP) is 8.99. The Balaban J connectivity index is 0.000000260. The largest absolute Gasteiger partial charge is 0.0599 e. The molecule has 156 valence electrons. The summed E-state index contributed by atoms with van der Waals surface area (Å²) in [7, 11) is 0. The quantitative estimate of drug-likeness (QED) is 0.402. The summed E-state index contributed by atoms with van der Waals surface area (Å²) in [6.45, 7) is 28.8. The van der Waals surface area contributed by atoms with Gasteiger partial charge in [-0.15, -0.1) is 0 Å². The number of hydrogen-bond acceptors (Lipinski definition) is 0. The smallest absolute Gasteiger partial charge is 0.0332 e. The average Bonchev–Trinajstić information content (AvgIpc) is 3.06. The molecule has 26 heavy (non-hydrogen) atoms. The molecule has 0 radical (unpaired) electrons. The van der Waals surface area contributed by atoms with E-state index in [-0.39, 0.29) is 0 Å². The summed E-state index contributed by atoms with van der Waals surface area (Å²) in [6.07, 6.45) is 8.70. The summed E-state index contributed by atoms with van der Waals surface area (Å²) < 4.78 is 0. The van der Waals surface area contributed by atoms with E-state index in [2.05, 4.69) is 83.1 Å². The van der Waals surface area contributed by atoms with Crippen molar-refractivity contribution in [1.82, 2.24) is 0 Å². The van der Waals surface area contributed by atoms with Crippen molar-refractivity contribution in [1.29, 1.82) is 0 Å². The first-order chi connectivity index (χ1) is 11.4. The molecule has 0 bridgehead atoms. The molecule has 2 aliphatic rings. The Morgan fingerprint density at radius 3 is 0.923 bits per heavy atom. The van der Waals surface area contributed by atoms with Gasteiger partial charge < -0.3 is 0 Å². The fourth-order valence-corrected chi connectivity index (χ4v) is 5.59. The molecule has 2 rings (SSSR count). The van der Waals surface area contributed by atoms with Crippen LogP contribution in [0.15, 0.2) is 0 Å². The summed E-state index contributed by atoms with van der Waals surface area (Å²) in [4.78, 5) is 0. The van der Waals surface area contributed by atoms with Crippen molar-refractivity contribution in [3.05, 3.63) is 0 Å². The van der Waals surface area contributed by atoms with Crippen LogP contribution in [0.25, 0.3) is 0 Å². The molecular weight excluding hydrogens is 312 g/mol. The number of rotatable bonds is 0. The second kappa shape index (κ2) is 8.16. The molecule has 4 unspecified atom stereocenters. The van der Waals surface area contributed by atoms with E-state index in [1.807, 2.05) is 0 Å². The third-order valence-corrected chi connectivity index (χ3v) is 7.62. The van der Waals surface area contributed by atoms with Crippen LogP contribution in [-0.2, 0) is 0 Å². The zero-order chi connectivity index (χ0) is 20.6. The van der Waals surface area contributed by atoms with Crippen molar-refractivity contribution >= 4 is 0 Å². The van der Waals surface area contributed by atoms with Crippen molar-refractivity contribution in [2.24, 2.45) is 45.3 Å². The molecule has 4 atom stereocenters. The van der Waals surface area contributed by atoms with Gasteiger partial charge in [0.15, 0.2) is 0 Å². The fraction of sp³-hybridized carbons (Fsp3) is 1.00. The summed E-state index contributed by atoms with van der Waals surface area (Å²) >= 11 is 0. The lowest BCUT2D eigenvalue weighted by Crippen LogP contribution is -2.32. The van der Waals surface area contributed by atoms with Gasteiger partial charge in [0.2, 0.25) is 0 Å². The minimum Gasteiger partial charge on any atom is -0.0599 e. The van der Waals surface area contributed by atoms with Crippen molar-refractivity contribution in [3.63, 3.8) is 0 Å². The topological polar surface area (TPSA) is 0 Å². The van der Waals surface area contributed by atoms with Gasteiger partial charge in [0.05, 0.1) is 0 Å². The SMILES string of the molecule is CC(C)(C)C1CCC(C(C)(C)C)C1.CC(C)(C)C1CCCC1C(C)(C)C. The van der Waals surface area contributed by atoms with Gasteiger partial charge in [0, 0.05) is 0 Å². The maximum Gasteiger partial charge on any atom is -0.0332 e. The van der Waals surface area contributed by atoms with Gasteiger partial charge in [-0.05, 0) is 77.4 Å². The molecule has 0 N–H and O–H groups in total. The second-order valence-electron chi connectivity index (χ2n) is 13.8. The van der Waals surface area contributed by atoms with Gasteiger partial charge in [-0.25, -0.2) is 0 Å². The molecule has 2 saturated carbocycles. The first kappa shape index (κ1) is 24.0. The van der Waals surface area contributed by atoms with E-state index >= 15 is 0 Å². The number of hydrogen-bond donors (Lipinski definition) is 0. The van der Waals surface area contributed by atoms with Crippen LogP contribution in [0.2, 0.25) is 0 Å². The second-order valence-corrected chi connectivity index (χ2v) is 13.8. The van der Waals surface area contributed by atoms with Crippen LogP contribution in [0.1, 0.15) is 122 Å². The highest BCUT2D eigenvalue weighted by Gasteiger charge is 2.41. The lowest BCUT2D eigenvalue weighted by Gasteiger charge is -2.39. The first-order valence-corrected chi connectivity index (χ1v) is 11.4. The molecule has 0 heteroatoms. The molecule has 0 aromatic rings. The zero-order valence-electron chi connectivity index (χ0n) is 20.6. The van der Waals surface area contributed by atoms with Crippen LogP contribution in [0.4, 0.5) is 0 Å². The van der Waals surface area contributed by atoms with Crippen LogP contribution in [0, 0.1) is 45.3 Å². The molecule has 0 saturated heterocycles. The minimum atomic E-state index is 0.508. The molecule has 0 aromatic heterocycles. The molecule has 0 heterocycles. The Kier molecular flexibility index (Phi) is 7.55. The molecular formula is C26H52. The molecule has 0 amide bonds. The third-order valence-electron chi connectivity index (χ3n) is 7.62. The molecule has 0 aliphatic heterocycles. The van der Waals surface area contributed by atoms with Crippen molar-refractivity contribution in [2.75, 3.05) is 0 Å². The fourth-order valence-electron chi connectivity index (χ4n) is 5.59. The van der Waals surface area contributed by atoms with Gasteiger partial charge in [-0.3, -0.25) is 0 Å². The van der Waals surface area contributed by atoms with Gasteiger partial charge in [-0.2, -0.15) is 0 Å². The Hall–Kier alpha value is 0. The highest BCUT2D eigenvalue weighted by Crippen LogP contribution is 2.50. The first-order valence-electron chi connectivity index (χ1n) is 11.4. The predicted molar refractivity (Wildman–Crippen MR) is 119 cm³/mol. The maximum atomic E-state index is 2.40. The van der Waals surface area contributed by atoms with Gasteiger partial charge in [0.25, 0.3) is 0 Å². The summed E-state index contributed by atoms with van der Waals surface area (Å²) in [5.74, 6) is 3.79. The minimum absolute atomic E-state index is 0.508. The van der Waals surface area contributed by atoms with Crippen LogP contribution >= 0.6 is 0 Å². The van der Waals surface area contributed by atoms with Crippen LogP contribution in [0.3, 0.4) is 0 Å². The van der Waals surface area contributed by atoms with Crippen molar-refractivity contribution < 1.29 is 0 Å². The Morgan fingerprint density at radius 2 is 0.731 bits per heavy atom. The monoisotopic (exact) mass is 364 g/mol. The van der Waals surface area contributed by atoms with Gasteiger partial charge >= 0.3 is 0 Å². The van der Waals surface area contributed by atoms with Crippen LogP contribution in [-0.4, -0.2) is 0 Å². The molecule has 0 spiro atoms. The highest BCUT2D eigenvalue weighted by molar-refractivity contribution is 4.91. The third kappa shape index (κ3) is 6.87. The van der Waals surface area contributed by atoms with Crippen LogP contribution < -0.4 is 0 Å². The maximum absolute atomic E-state index is 2.40. The summed E-state index contributed by atoms with van der Waals surface area (Å²) in [6, 6.07) is 0. The summed E-state index contributed by atoms with van der Waals surface area (Å²) in [5, 5.41) is 0. The highest BCUT2D eigenvalue weighted by atomic mass is 14.5. The van der Waals surface area contributed by atoms with E-state index in [0.29, 0.717) is 21.7 Å². The Labute approximate surface area is 167 Å². The van der Waals surface area contributed by atoms with Crippen molar-refractivity contribution in [2.45, 2.75) is 122 Å². The summed E-state index contributed by atoms with van der Waals surface area (Å²) in [5.41, 5.74) is 2.07. The van der Waals surface area contributed by atoms with E-state index in [9.17, 15) is 0 Å². The van der Waals surface area contributed by atoms with E-state index < -0.39 is 0 Å². The van der Waals surface area contributed by atoms with E-state index in [4.69, 9.17) is 0 Å². The zero-order valence-corrected chi connectivity index (χ0v) is 20.6. The van der Waals surface area contributed by atoms with Gasteiger partial charge in [0.1, 0.15) is 0 Å². The van der Waals surface area contributed by atoms with Gasteiger partial charge in [-0.1, -0.05) is 89.5 Å². The Morgan fingerprint density at radius 1 is 0.423 bits per heavy atom. The molecule has 0 aromatic carbocycles. The lowest BCUT2D eigenvalue weighted by atomic mass is 9.66. The standard InChI is InChI=1S/2C13H26/c1-12(2,3)10-7-8-11(9-10)13(4,5)6;1-12(2,3)10-8-7-9-11(10)13(4,5)6/h2*10-11H,7-9H2,1-6H3. The van der Waals surface area contributed by atoms with Crippen molar-refractivity contribution in [3.8, 4) is 0 Å². The van der Waals surface area contributed by atoms with E-state index in [0.717, 1.165) is 23.7 Å². The average molecular weight is 365 g/mol. The normalized spacial score (nSPS) is 30.9. The molecule has 0 nitrogen and oxygen atoms in total. The molecule has 2 fully saturated rings. The van der Waals surface area contributed by atoms with E-state index in [1.165, 1.54) is 38.5 Å². The molecule has 2 aliphatic carbocycles.